The van der Waals surface area contributed by atoms with E-state index in [2.05, 4.69) is 20.7 Å². The standard InChI is InChI=1S/C10H9BrF3NO3/c11-8-2-1-7(18-8)9(16)15-3-6(4-15)17-5-10(12,13)14/h1-2,6H,3-5H2. The Morgan fingerprint density at radius 3 is 2.67 bits per heavy atom. The number of amides is 1. The van der Waals surface area contributed by atoms with Gasteiger partial charge in [-0.15, -0.1) is 0 Å². The van der Waals surface area contributed by atoms with Crippen LogP contribution in [0, 0.1) is 0 Å². The highest BCUT2D eigenvalue weighted by Crippen LogP contribution is 2.22. The van der Waals surface area contributed by atoms with E-state index in [1.54, 1.807) is 6.07 Å². The number of rotatable bonds is 3. The summed E-state index contributed by atoms with van der Waals surface area (Å²) in [5, 5.41) is 0. The molecular weight excluding hydrogens is 319 g/mol. The second-order valence-corrected chi connectivity index (χ2v) is 4.64. The molecule has 0 N–H and O–H groups in total. The van der Waals surface area contributed by atoms with E-state index in [4.69, 9.17) is 4.42 Å². The number of furan rings is 1. The lowest BCUT2D eigenvalue weighted by Gasteiger charge is -2.38. The number of carbonyl (C=O) groups is 1. The fourth-order valence-electron chi connectivity index (χ4n) is 1.51. The van der Waals surface area contributed by atoms with Crippen LogP contribution >= 0.6 is 15.9 Å². The fourth-order valence-corrected chi connectivity index (χ4v) is 1.81. The maximum absolute atomic E-state index is 11.9. The van der Waals surface area contributed by atoms with Crippen molar-refractivity contribution in [1.29, 1.82) is 0 Å². The summed E-state index contributed by atoms with van der Waals surface area (Å²) in [4.78, 5) is 13.1. The van der Waals surface area contributed by atoms with E-state index >= 15 is 0 Å². The van der Waals surface area contributed by atoms with Gasteiger partial charge in [0, 0.05) is 13.1 Å². The zero-order valence-electron chi connectivity index (χ0n) is 9.04. The van der Waals surface area contributed by atoms with Crippen LogP contribution in [0.15, 0.2) is 21.2 Å². The van der Waals surface area contributed by atoms with Gasteiger partial charge in [-0.2, -0.15) is 13.2 Å². The zero-order chi connectivity index (χ0) is 13.3. The molecule has 0 spiro atoms. The van der Waals surface area contributed by atoms with Crippen LogP contribution in [-0.4, -0.2) is 42.8 Å². The molecule has 100 valence electrons. The van der Waals surface area contributed by atoms with Crippen molar-refractivity contribution < 1.29 is 27.1 Å². The number of hydrogen-bond donors (Lipinski definition) is 0. The molecule has 0 atom stereocenters. The summed E-state index contributed by atoms with van der Waals surface area (Å²) in [5.41, 5.74) is 0. The molecular formula is C10H9BrF3NO3. The van der Waals surface area contributed by atoms with Crippen molar-refractivity contribution in [2.45, 2.75) is 12.3 Å². The number of nitrogens with zero attached hydrogens (tertiary/aromatic N) is 1. The lowest BCUT2D eigenvalue weighted by Crippen LogP contribution is -2.55. The topological polar surface area (TPSA) is 42.7 Å². The molecule has 1 fully saturated rings. The quantitative estimate of drug-likeness (QED) is 0.856. The highest BCUT2D eigenvalue weighted by molar-refractivity contribution is 9.10. The minimum absolute atomic E-state index is 0.146. The van der Waals surface area contributed by atoms with Gasteiger partial charge in [-0.1, -0.05) is 0 Å². The van der Waals surface area contributed by atoms with Gasteiger partial charge in [0.1, 0.15) is 6.61 Å². The van der Waals surface area contributed by atoms with Crippen molar-refractivity contribution >= 4 is 21.8 Å². The summed E-state index contributed by atoms with van der Waals surface area (Å²) < 4.78 is 45.7. The molecule has 1 amide bonds. The van der Waals surface area contributed by atoms with Crippen LogP contribution in [0.3, 0.4) is 0 Å². The molecule has 1 aromatic heterocycles. The van der Waals surface area contributed by atoms with Crippen LogP contribution < -0.4 is 0 Å². The summed E-state index contributed by atoms with van der Waals surface area (Å²) in [6, 6.07) is 3.07. The molecule has 4 nitrogen and oxygen atoms in total. The molecule has 0 unspecified atom stereocenters. The Bertz CT molecular complexity index is 440. The molecule has 0 saturated carbocycles. The van der Waals surface area contributed by atoms with E-state index in [0.29, 0.717) is 4.67 Å². The molecule has 0 aliphatic carbocycles. The number of hydrogen-bond acceptors (Lipinski definition) is 3. The molecule has 1 aromatic rings. The number of carbonyl (C=O) groups excluding carboxylic acids is 1. The predicted octanol–water partition coefficient (Wildman–Crippen LogP) is 2.45. The summed E-state index contributed by atoms with van der Waals surface area (Å²) in [5.74, 6) is -0.205. The Morgan fingerprint density at radius 1 is 1.50 bits per heavy atom. The first kappa shape index (κ1) is 13.4. The molecule has 1 aliphatic rings. The van der Waals surface area contributed by atoms with Crippen LogP contribution in [0.4, 0.5) is 13.2 Å². The van der Waals surface area contributed by atoms with Crippen molar-refractivity contribution in [3.8, 4) is 0 Å². The van der Waals surface area contributed by atoms with Gasteiger partial charge in [-0.25, -0.2) is 0 Å². The van der Waals surface area contributed by atoms with Gasteiger partial charge in [-0.3, -0.25) is 4.79 Å². The predicted molar refractivity (Wildman–Crippen MR) is 58.1 cm³/mol. The lowest BCUT2D eigenvalue weighted by molar-refractivity contribution is -0.196. The minimum Gasteiger partial charge on any atom is -0.444 e. The van der Waals surface area contributed by atoms with E-state index in [9.17, 15) is 18.0 Å². The van der Waals surface area contributed by atoms with E-state index < -0.39 is 18.9 Å². The van der Waals surface area contributed by atoms with Crippen molar-refractivity contribution in [3.05, 3.63) is 22.6 Å². The third kappa shape index (κ3) is 3.26. The van der Waals surface area contributed by atoms with E-state index in [0.717, 1.165) is 0 Å². The second kappa shape index (κ2) is 4.93. The van der Waals surface area contributed by atoms with Gasteiger partial charge in [0.05, 0.1) is 6.10 Å². The van der Waals surface area contributed by atoms with Crippen LogP contribution in [0.25, 0.3) is 0 Å². The zero-order valence-corrected chi connectivity index (χ0v) is 10.6. The molecule has 2 heterocycles. The van der Waals surface area contributed by atoms with Crippen molar-refractivity contribution in [1.82, 2.24) is 4.90 Å². The van der Waals surface area contributed by atoms with Gasteiger partial charge < -0.3 is 14.1 Å². The third-order valence-corrected chi connectivity index (χ3v) is 2.83. The summed E-state index contributed by atoms with van der Waals surface area (Å²) in [6.45, 7) is -0.994. The molecule has 0 radical (unpaired) electrons. The lowest BCUT2D eigenvalue weighted by atomic mass is 10.1. The summed E-state index contributed by atoms with van der Waals surface area (Å²) in [6.07, 6.45) is -4.90. The molecule has 0 aromatic carbocycles. The maximum Gasteiger partial charge on any atom is 0.411 e. The van der Waals surface area contributed by atoms with Crippen molar-refractivity contribution in [2.75, 3.05) is 19.7 Å². The van der Waals surface area contributed by atoms with Gasteiger partial charge in [0.2, 0.25) is 0 Å². The molecule has 2 rings (SSSR count). The van der Waals surface area contributed by atoms with Crippen molar-refractivity contribution in [3.63, 3.8) is 0 Å². The average Bonchev–Trinajstić information content (AvgIpc) is 2.60. The molecule has 1 aliphatic heterocycles. The highest BCUT2D eigenvalue weighted by Gasteiger charge is 2.36. The van der Waals surface area contributed by atoms with Gasteiger partial charge in [0.25, 0.3) is 5.91 Å². The second-order valence-electron chi connectivity index (χ2n) is 3.86. The Balaban J connectivity index is 1.77. The molecule has 1 saturated heterocycles. The minimum atomic E-state index is -4.34. The van der Waals surface area contributed by atoms with Gasteiger partial charge >= 0.3 is 6.18 Å². The van der Waals surface area contributed by atoms with Crippen LogP contribution in [0.1, 0.15) is 10.6 Å². The van der Waals surface area contributed by atoms with Gasteiger partial charge in [0.15, 0.2) is 10.4 Å². The Hall–Kier alpha value is -1.02. The van der Waals surface area contributed by atoms with Crippen LogP contribution in [0.2, 0.25) is 0 Å². The largest absolute Gasteiger partial charge is 0.444 e. The molecule has 0 bridgehead atoms. The van der Waals surface area contributed by atoms with Crippen molar-refractivity contribution in [2.24, 2.45) is 0 Å². The smallest absolute Gasteiger partial charge is 0.411 e. The Labute approximate surface area is 109 Å². The van der Waals surface area contributed by atoms with Crippen LogP contribution in [-0.2, 0) is 4.74 Å². The Morgan fingerprint density at radius 2 is 2.17 bits per heavy atom. The summed E-state index contributed by atoms with van der Waals surface area (Å²) >= 11 is 3.06. The monoisotopic (exact) mass is 327 g/mol. The van der Waals surface area contributed by atoms with E-state index in [1.165, 1.54) is 11.0 Å². The summed E-state index contributed by atoms with van der Waals surface area (Å²) in [7, 11) is 0. The first-order valence-electron chi connectivity index (χ1n) is 5.08. The highest BCUT2D eigenvalue weighted by atomic mass is 79.9. The average molecular weight is 328 g/mol. The maximum atomic E-state index is 11.9. The number of halogens is 4. The fraction of sp³-hybridized carbons (Fsp3) is 0.500. The number of likely N-dealkylation sites (tertiary alicyclic amines) is 1. The molecule has 8 heteroatoms. The first-order valence-corrected chi connectivity index (χ1v) is 5.87. The number of ether oxygens (including phenoxy) is 1. The SMILES string of the molecule is O=C(c1ccc(Br)o1)N1CC(OCC(F)(F)F)C1. The van der Waals surface area contributed by atoms with E-state index in [1.807, 2.05) is 0 Å². The third-order valence-electron chi connectivity index (χ3n) is 2.40. The first-order chi connectivity index (χ1) is 8.35. The van der Waals surface area contributed by atoms with E-state index in [-0.39, 0.29) is 24.8 Å². The number of alkyl halides is 3. The normalized spacial score (nSPS) is 16.8. The van der Waals surface area contributed by atoms with Crippen LogP contribution in [0.5, 0.6) is 0 Å². The Kier molecular flexibility index (Phi) is 3.67. The molecule has 18 heavy (non-hydrogen) atoms. The van der Waals surface area contributed by atoms with Gasteiger partial charge in [-0.05, 0) is 28.1 Å².